The first-order valence-electron chi connectivity index (χ1n) is 8.75. The number of benzene rings is 3. The van der Waals surface area contributed by atoms with Crippen LogP contribution >= 0.6 is 0 Å². The van der Waals surface area contributed by atoms with Gasteiger partial charge < -0.3 is 4.90 Å². The molecular weight excluding hydrogens is 353 g/mol. The smallest absolute Gasteiger partial charge is 0.229 e. The van der Waals surface area contributed by atoms with Gasteiger partial charge in [-0.25, -0.2) is 4.39 Å². The number of rotatable bonds is 4. The Kier molecular flexibility index (Phi) is 4.45. The van der Waals surface area contributed by atoms with Crippen LogP contribution in [0.4, 0.5) is 15.9 Å². The second-order valence-corrected chi connectivity index (χ2v) is 6.36. The Labute approximate surface area is 161 Å². The van der Waals surface area contributed by atoms with Gasteiger partial charge in [-0.15, -0.1) is 0 Å². The van der Waals surface area contributed by atoms with Crippen molar-refractivity contribution >= 4 is 28.7 Å². The molecule has 0 aliphatic carbocycles. The van der Waals surface area contributed by atoms with Crippen molar-refractivity contribution in [1.29, 1.82) is 10.8 Å². The molecule has 0 radical (unpaired) electrons. The molecule has 6 heteroatoms. The van der Waals surface area contributed by atoms with E-state index in [0.717, 1.165) is 17.4 Å². The molecule has 138 valence electrons. The quantitative estimate of drug-likeness (QED) is 0.408. The van der Waals surface area contributed by atoms with Gasteiger partial charge in [-0.05, 0) is 35.9 Å². The van der Waals surface area contributed by atoms with Crippen molar-refractivity contribution in [3.63, 3.8) is 0 Å². The monoisotopic (exact) mass is 371 g/mol. The van der Waals surface area contributed by atoms with Crippen LogP contribution < -0.4 is 10.5 Å². The molecule has 0 atom stereocenters. The summed E-state index contributed by atoms with van der Waals surface area (Å²) in [6, 6.07) is 21.8. The number of fused-ring (bicyclic) bond motifs is 1. The normalized spacial score (nSPS) is 10.8. The predicted octanol–water partition coefficient (Wildman–Crippen LogP) is 4.54. The maximum Gasteiger partial charge on any atom is 0.229 e. The molecule has 0 amide bonds. The van der Waals surface area contributed by atoms with Crippen molar-refractivity contribution in [1.82, 2.24) is 9.55 Å². The summed E-state index contributed by atoms with van der Waals surface area (Å²) in [6.07, 6.45) is 1.05. The fraction of sp³-hybridized carbons (Fsp3) is 0.0455. The molecule has 1 aromatic heterocycles. The molecule has 3 aromatic carbocycles. The average Bonchev–Trinajstić information content (AvgIpc) is 2.73. The van der Waals surface area contributed by atoms with Crippen LogP contribution in [0.5, 0.6) is 0 Å². The van der Waals surface area contributed by atoms with E-state index >= 15 is 0 Å². The molecule has 0 bridgehead atoms. The van der Waals surface area contributed by atoms with E-state index in [1.165, 1.54) is 10.6 Å². The molecule has 4 rings (SSSR count). The molecule has 1 heterocycles. The Balaban J connectivity index is 1.98. The van der Waals surface area contributed by atoms with Crippen molar-refractivity contribution in [3.05, 3.63) is 84.2 Å². The molecule has 2 N–H and O–H groups in total. The van der Waals surface area contributed by atoms with Gasteiger partial charge in [0.25, 0.3) is 0 Å². The van der Waals surface area contributed by atoms with E-state index in [0.29, 0.717) is 22.5 Å². The number of hydrogen-bond acceptors (Lipinski definition) is 4. The van der Waals surface area contributed by atoms with Crippen molar-refractivity contribution in [2.24, 2.45) is 0 Å². The number of aromatic nitrogens is 2. The maximum absolute atomic E-state index is 14.3. The van der Waals surface area contributed by atoms with Crippen LogP contribution in [0.15, 0.2) is 72.8 Å². The summed E-state index contributed by atoms with van der Waals surface area (Å²) in [5.74, 6) is 0.286. The van der Waals surface area contributed by atoms with Crippen LogP contribution in [0.2, 0.25) is 0 Å². The molecule has 0 saturated carbocycles. The minimum atomic E-state index is -0.315. The van der Waals surface area contributed by atoms with Crippen LogP contribution in [0.3, 0.4) is 0 Å². The summed E-state index contributed by atoms with van der Waals surface area (Å²) >= 11 is 0. The van der Waals surface area contributed by atoms with Crippen molar-refractivity contribution in [2.75, 3.05) is 11.9 Å². The lowest BCUT2D eigenvalue weighted by Gasteiger charge is -2.21. The first-order valence-corrected chi connectivity index (χ1v) is 8.75. The van der Waals surface area contributed by atoms with E-state index in [9.17, 15) is 4.39 Å². The van der Waals surface area contributed by atoms with Gasteiger partial charge in [0.1, 0.15) is 11.6 Å². The zero-order chi connectivity index (χ0) is 19.7. The number of halogens is 1. The maximum atomic E-state index is 14.3. The lowest BCUT2D eigenvalue weighted by Crippen LogP contribution is -2.26. The zero-order valence-corrected chi connectivity index (χ0v) is 15.2. The SMILES string of the molecule is CN(c1ccccc1)c1nc(=N)n(C=N)c2cc(-c3ccccc3F)ccc12. The third-order valence-corrected chi connectivity index (χ3v) is 4.71. The third-order valence-electron chi connectivity index (χ3n) is 4.71. The molecule has 0 saturated heterocycles. The lowest BCUT2D eigenvalue weighted by atomic mass is 10.0. The van der Waals surface area contributed by atoms with Gasteiger partial charge in [0.15, 0.2) is 0 Å². The van der Waals surface area contributed by atoms with Crippen molar-refractivity contribution < 1.29 is 4.39 Å². The molecule has 0 spiro atoms. The Bertz CT molecular complexity index is 1230. The number of nitrogens with one attached hydrogen (secondary N) is 2. The molecule has 5 nitrogen and oxygen atoms in total. The van der Waals surface area contributed by atoms with Gasteiger partial charge in [0, 0.05) is 23.7 Å². The Hall–Kier alpha value is -3.80. The Morgan fingerprint density at radius 1 is 1.00 bits per heavy atom. The Morgan fingerprint density at radius 2 is 1.71 bits per heavy atom. The second kappa shape index (κ2) is 7.08. The highest BCUT2D eigenvalue weighted by molar-refractivity contribution is 5.96. The molecule has 28 heavy (non-hydrogen) atoms. The molecule has 0 aliphatic heterocycles. The van der Waals surface area contributed by atoms with Crippen molar-refractivity contribution in [2.45, 2.75) is 0 Å². The number of hydrogen-bond donors (Lipinski definition) is 2. The molecule has 0 aliphatic rings. The summed E-state index contributed by atoms with van der Waals surface area (Å²) in [5, 5.41) is 16.8. The third kappa shape index (κ3) is 2.95. The standard InChI is InChI=1S/C22H18FN5/c1-27(16-7-3-2-4-8-16)21-18-12-11-15(17-9-5-6-10-19(17)23)13-20(18)28(14-24)22(25)26-21/h2-14,24-25H,1H3. The van der Waals surface area contributed by atoms with E-state index in [1.807, 2.05) is 54.4 Å². The van der Waals surface area contributed by atoms with Gasteiger partial charge in [-0.3, -0.25) is 15.4 Å². The fourth-order valence-corrected chi connectivity index (χ4v) is 3.27. The van der Waals surface area contributed by atoms with Gasteiger partial charge in [-0.2, -0.15) is 4.98 Å². The molecular formula is C22H18FN5. The van der Waals surface area contributed by atoms with Gasteiger partial charge in [0.2, 0.25) is 5.62 Å². The molecule has 0 unspecified atom stereocenters. The van der Waals surface area contributed by atoms with E-state index in [1.54, 1.807) is 24.3 Å². The van der Waals surface area contributed by atoms with Gasteiger partial charge in [0.05, 0.1) is 11.9 Å². The average molecular weight is 371 g/mol. The molecule has 4 aromatic rings. The summed E-state index contributed by atoms with van der Waals surface area (Å²) in [6.45, 7) is 0. The molecule has 0 fully saturated rings. The highest BCUT2D eigenvalue weighted by atomic mass is 19.1. The highest BCUT2D eigenvalue weighted by Crippen LogP contribution is 2.31. The van der Waals surface area contributed by atoms with Crippen LogP contribution in [-0.2, 0) is 0 Å². The van der Waals surface area contributed by atoms with Gasteiger partial charge in [-0.1, -0.05) is 42.5 Å². The summed E-state index contributed by atoms with van der Waals surface area (Å²) in [4.78, 5) is 6.30. The van der Waals surface area contributed by atoms with E-state index < -0.39 is 0 Å². The number of nitrogens with zero attached hydrogens (tertiary/aromatic N) is 3. The van der Waals surface area contributed by atoms with Crippen LogP contribution in [0.25, 0.3) is 22.0 Å². The number of anilines is 2. The predicted molar refractivity (Wildman–Crippen MR) is 110 cm³/mol. The topological polar surface area (TPSA) is 68.8 Å². The summed E-state index contributed by atoms with van der Waals surface area (Å²) in [7, 11) is 1.88. The van der Waals surface area contributed by atoms with E-state index in [-0.39, 0.29) is 11.4 Å². The lowest BCUT2D eigenvalue weighted by molar-refractivity contribution is 0.631. The fourth-order valence-electron chi connectivity index (χ4n) is 3.27. The zero-order valence-electron chi connectivity index (χ0n) is 15.2. The van der Waals surface area contributed by atoms with Crippen molar-refractivity contribution in [3.8, 4) is 11.1 Å². The number of para-hydroxylation sites is 1. The summed E-state index contributed by atoms with van der Waals surface area (Å²) in [5.41, 5.74) is 2.64. The van der Waals surface area contributed by atoms with E-state index in [4.69, 9.17) is 10.8 Å². The summed E-state index contributed by atoms with van der Waals surface area (Å²) < 4.78 is 15.6. The first-order chi connectivity index (χ1) is 13.6. The van der Waals surface area contributed by atoms with Gasteiger partial charge >= 0.3 is 0 Å². The highest BCUT2D eigenvalue weighted by Gasteiger charge is 2.15. The van der Waals surface area contributed by atoms with Crippen LogP contribution in [0.1, 0.15) is 0 Å². The second-order valence-electron chi connectivity index (χ2n) is 6.36. The van der Waals surface area contributed by atoms with E-state index in [2.05, 4.69) is 4.98 Å². The first kappa shape index (κ1) is 17.6. The van der Waals surface area contributed by atoms with Crippen LogP contribution in [0, 0.1) is 16.6 Å². The minimum absolute atomic E-state index is 0.0639. The Morgan fingerprint density at radius 3 is 2.43 bits per heavy atom. The van der Waals surface area contributed by atoms with Crippen LogP contribution in [-0.4, -0.2) is 22.9 Å². The minimum Gasteiger partial charge on any atom is -0.329 e. The largest absolute Gasteiger partial charge is 0.329 e.